The lowest BCUT2D eigenvalue weighted by Crippen LogP contribution is -2.28. The molecule has 6 nitrogen and oxygen atoms in total. The summed E-state index contributed by atoms with van der Waals surface area (Å²) in [5, 5.41) is 12.5. The highest BCUT2D eigenvalue weighted by atomic mass is 79.9. The van der Waals surface area contributed by atoms with Gasteiger partial charge in [0.1, 0.15) is 5.01 Å². The number of anilines is 2. The van der Waals surface area contributed by atoms with Gasteiger partial charge in [-0.1, -0.05) is 27.3 Å². The number of nitrogens with one attached hydrogen (secondary N) is 1. The smallest absolute Gasteiger partial charge is 0.231 e. The van der Waals surface area contributed by atoms with E-state index in [9.17, 15) is 9.59 Å². The number of hydrogen-bond acceptors (Lipinski definition) is 5. The Balaban J connectivity index is 1.41. The van der Waals surface area contributed by atoms with Crippen LogP contribution in [0, 0.1) is 5.92 Å². The summed E-state index contributed by atoms with van der Waals surface area (Å²) in [6.07, 6.45) is 2.53. The Morgan fingerprint density at radius 1 is 1.25 bits per heavy atom. The number of aromatic nitrogens is 2. The zero-order valence-corrected chi connectivity index (χ0v) is 15.1. The average molecular weight is 407 g/mol. The Morgan fingerprint density at radius 2 is 2.00 bits per heavy atom. The molecule has 0 unspecified atom stereocenters. The van der Waals surface area contributed by atoms with Crippen LogP contribution < -0.4 is 10.2 Å². The first kappa shape index (κ1) is 15.7. The maximum Gasteiger partial charge on any atom is 0.231 e. The third-order valence-electron chi connectivity index (χ3n) is 4.23. The zero-order chi connectivity index (χ0) is 16.7. The van der Waals surface area contributed by atoms with Crippen molar-refractivity contribution in [1.29, 1.82) is 0 Å². The largest absolute Gasteiger partial charge is 0.312 e. The normalized spacial score (nSPS) is 20.5. The van der Waals surface area contributed by atoms with Gasteiger partial charge in [-0.2, -0.15) is 0 Å². The number of carbonyl (C=O) groups is 2. The predicted octanol–water partition coefficient (Wildman–Crippen LogP) is 3.17. The lowest BCUT2D eigenvalue weighted by molar-refractivity contribution is -0.122. The summed E-state index contributed by atoms with van der Waals surface area (Å²) in [6.45, 7) is 0.389. The fourth-order valence-electron chi connectivity index (χ4n) is 2.74. The molecular weight excluding hydrogens is 392 g/mol. The van der Waals surface area contributed by atoms with Crippen LogP contribution in [0.4, 0.5) is 10.8 Å². The first-order valence-corrected chi connectivity index (χ1v) is 9.41. The second kappa shape index (κ2) is 6.25. The second-order valence-corrected chi connectivity index (χ2v) is 8.02. The molecule has 24 heavy (non-hydrogen) atoms. The van der Waals surface area contributed by atoms with Gasteiger partial charge in [-0.15, -0.1) is 10.2 Å². The van der Waals surface area contributed by atoms with Crippen LogP contribution in [0.3, 0.4) is 0 Å². The van der Waals surface area contributed by atoms with E-state index in [-0.39, 0.29) is 24.2 Å². The zero-order valence-electron chi connectivity index (χ0n) is 12.7. The molecule has 1 saturated heterocycles. The van der Waals surface area contributed by atoms with Crippen LogP contribution in [0.5, 0.6) is 0 Å². The second-order valence-electron chi connectivity index (χ2n) is 6.09. The molecule has 2 fully saturated rings. The number of rotatable bonds is 4. The molecule has 1 aliphatic heterocycles. The van der Waals surface area contributed by atoms with Crippen LogP contribution in [0.15, 0.2) is 28.7 Å². The van der Waals surface area contributed by atoms with Crippen molar-refractivity contribution in [3.8, 4) is 0 Å². The number of carbonyl (C=O) groups excluding carboxylic acids is 2. The number of halogens is 1. The maximum atomic E-state index is 12.4. The van der Waals surface area contributed by atoms with Crippen molar-refractivity contribution in [2.75, 3.05) is 16.8 Å². The number of amides is 2. The van der Waals surface area contributed by atoms with E-state index in [1.165, 1.54) is 11.3 Å². The van der Waals surface area contributed by atoms with E-state index in [0.717, 1.165) is 28.0 Å². The highest BCUT2D eigenvalue weighted by Crippen LogP contribution is 2.42. The van der Waals surface area contributed by atoms with Crippen LogP contribution in [0.1, 0.15) is 30.2 Å². The van der Waals surface area contributed by atoms with Gasteiger partial charge >= 0.3 is 0 Å². The standard InChI is InChI=1S/C16H15BrN4O2S/c17-11-3-5-12(6-4-11)21-8-10(7-13(21)22)14(23)18-16-20-19-15(24-16)9-1-2-9/h3-6,9-10H,1-2,7-8H2,(H,18,20,23)/t10-/m0/s1. The minimum absolute atomic E-state index is 0.0339. The molecule has 0 spiro atoms. The van der Waals surface area contributed by atoms with Crippen LogP contribution in [0.2, 0.25) is 0 Å². The molecule has 2 heterocycles. The van der Waals surface area contributed by atoms with E-state index < -0.39 is 0 Å². The van der Waals surface area contributed by atoms with Gasteiger partial charge in [-0.05, 0) is 37.1 Å². The van der Waals surface area contributed by atoms with Gasteiger partial charge in [0.05, 0.1) is 5.92 Å². The fourth-order valence-corrected chi connectivity index (χ4v) is 3.92. The molecule has 1 atom stereocenters. The Kier molecular flexibility index (Phi) is 4.09. The summed E-state index contributed by atoms with van der Waals surface area (Å²) in [5.41, 5.74) is 0.811. The average Bonchev–Trinajstić information content (AvgIpc) is 3.19. The molecule has 124 valence electrons. The molecule has 1 aliphatic carbocycles. The number of nitrogens with zero attached hydrogens (tertiary/aromatic N) is 3. The van der Waals surface area contributed by atoms with Crippen molar-refractivity contribution in [2.45, 2.75) is 25.2 Å². The van der Waals surface area contributed by atoms with Gasteiger partial charge in [0.2, 0.25) is 16.9 Å². The fraction of sp³-hybridized carbons (Fsp3) is 0.375. The summed E-state index contributed by atoms with van der Waals surface area (Å²) in [7, 11) is 0. The quantitative estimate of drug-likeness (QED) is 0.845. The van der Waals surface area contributed by atoms with Crippen LogP contribution in [0.25, 0.3) is 0 Å². The molecule has 8 heteroatoms. The van der Waals surface area contributed by atoms with E-state index in [4.69, 9.17) is 0 Å². The molecule has 1 aromatic carbocycles. The number of benzene rings is 1. The van der Waals surface area contributed by atoms with Crippen molar-refractivity contribution in [2.24, 2.45) is 5.92 Å². The molecule has 0 bridgehead atoms. The molecule has 2 amide bonds. The lowest BCUT2D eigenvalue weighted by atomic mass is 10.1. The third kappa shape index (κ3) is 3.21. The first-order valence-electron chi connectivity index (χ1n) is 7.80. The molecule has 1 saturated carbocycles. The summed E-state index contributed by atoms with van der Waals surface area (Å²) >= 11 is 4.81. The van der Waals surface area contributed by atoms with Gasteiger partial charge in [-0.25, -0.2) is 0 Å². The topological polar surface area (TPSA) is 75.2 Å². The minimum Gasteiger partial charge on any atom is -0.312 e. The van der Waals surface area contributed by atoms with Gasteiger partial charge in [0.15, 0.2) is 0 Å². The molecule has 1 aromatic heterocycles. The van der Waals surface area contributed by atoms with Crippen molar-refractivity contribution in [1.82, 2.24) is 10.2 Å². The van der Waals surface area contributed by atoms with E-state index >= 15 is 0 Å². The van der Waals surface area contributed by atoms with Crippen molar-refractivity contribution >= 4 is 49.9 Å². The van der Waals surface area contributed by atoms with Crippen molar-refractivity contribution in [3.05, 3.63) is 33.7 Å². The van der Waals surface area contributed by atoms with Crippen LogP contribution >= 0.6 is 27.3 Å². The van der Waals surface area contributed by atoms with E-state index in [0.29, 0.717) is 17.6 Å². The maximum absolute atomic E-state index is 12.4. The molecule has 1 N–H and O–H groups in total. The third-order valence-corrected chi connectivity index (χ3v) is 5.76. The Hall–Kier alpha value is -1.80. The molecule has 0 radical (unpaired) electrons. The van der Waals surface area contributed by atoms with Crippen LogP contribution in [-0.2, 0) is 9.59 Å². The van der Waals surface area contributed by atoms with Crippen LogP contribution in [-0.4, -0.2) is 28.6 Å². The predicted molar refractivity (Wildman–Crippen MR) is 95.1 cm³/mol. The highest BCUT2D eigenvalue weighted by molar-refractivity contribution is 9.10. The minimum atomic E-state index is -0.366. The summed E-state index contributed by atoms with van der Waals surface area (Å²) in [5.74, 6) is -0.0432. The SMILES string of the molecule is O=C(Nc1nnc(C2CC2)s1)[C@H]1CC(=O)N(c2ccc(Br)cc2)C1. The van der Waals surface area contributed by atoms with Gasteiger partial charge in [0, 0.05) is 29.0 Å². The summed E-state index contributed by atoms with van der Waals surface area (Å²) in [4.78, 5) is 26.3. The van der Waals surface area contributed by atoms with Gasteiger partial charge < -0.3 is 10.2 Å². The van der Waals surface area contributed by atoms with Crippen molar-refractivity contribution < 1.29 is 9.59 Å². The van der Waals surface area contributed by atoms with E-state index in [2.05, 4.69) is 31.4 Å². The summed E-state index contributed by atoms with van der Waals surface area (Å²) in [6, 6.07) is 7.51. The molecule has 2 aliphatic rings. The molecule has 2 aromatic rings. The summed E-state index contributed by atoms with van der Waals surface area (Å²) < 4.78 is 0.954. The van der Waals surface area contributed by atoms with Gasteiger partial charge in [0.25, 0.3) is 0 Å². The monoisotopic (exact) mass is 406 g/mol. The molecular formula is C16H15BrN4O2S. The van der Waals surface area contributed by atoms with E-state index in [1.807, 2.05) is 24.3 Å². The lowest BCUT2D eigenvalue weighted by Gasteiger charge is -2.16. The van der Waals surface area contributed by atoms with Crippen molar-refractivity contribution in [3.63, 3.8) is 0 Å². The number of hydrogen-bond donors (Lipinski definition) is 1. The highest BCUT2D eigenvalue weighted by Gasteiger charge is 2.35. The Labute approximate surface area is 151 Å². The van der Waals surface area contributed by atoms with E-state index in [1.54, 1.807) is 4.90 Å². The first-order chi connectivity index (χ1) is 11.6. The Morgan fingerprint density at radius 3 is 2.71 bits per heavy atom. The molecule has 4 rings (SSSR count). The Bertz CT molecular complexity index is 788. The van der Waals surface area contributed by atoms with Gasteiger partial charge in [-0.3, -0.25) is 9.59 Å².